The maximum absolute atomic E-state index is 11.9. The Balaban J connectivity index is 1.84. The summed E-state index contributed by atoms with van der Waals surface area (Å²) in [6.07, 6.45) is 0.0936. The smallest absolute Gasteiger partial charge is 0.410 e. The van der Waals surface area contributed by atoms with Crippen LogP contribution in [-0.4, -0.2) is 55.1 Å². The van der Waals surface area contributed by atoms with E-state index in [0.717, 1.165) is 13.2 Å². The van der Waals surface area contributed by atoms with Gasteiger partial charge in [-0.3, -0.25) is 0 Å². The monoisotopic (exact) mass is 229 g/mol. The number of rotatable bonds is 4. The van der Waals surface area contributed by atoms with Crippen molar-refractivity contribution in [3.05, 3.63) is 0 Å². The number of ether oxygens (including phenoxy) is 3. The van der Waals surface area contributed by atoms with Crippen LogP contribution < -0.4 is 0 Å². The van der Waals surface area contributed by atoms with E-state index >= 15 is 0 Å². The van der Waals surface area contributed by atoms with Gasteiger partial charge in [-0.05, 0) is 20.8 Å². The number of nitrogens with zero attached hydrogens (tertiary/aromatic N) is 1. The van der Waals surface area contributed by atoms with Crippen LogP contribution in [0.25, 0.3) is 0 Å². The van der Waals surface area contributed by atoms with Gasteiger partial charge in [0.2, 0.25) is 0 Å². The summed E-state index contributed by atoms with van der Waals surface area (Å²) in [5.74, 6) is 0. The predicted octanol–water partition coefficient (Wildman–Crippen LogP) is 1.02. The minimum Gasteiger partial charge on any atom is -0.444 e. The summed E-state index contributed by atoms with van der Waals surface area (Å²) < 4.78 is 15.6. The molecule has 2 unspecified atom stereocenters. The molecule has 92 valence electrons. The fraction of sp³-hybridized carbons (Fsp3) is 0.909. The molecule has 5 nitrogen and oxygen atoms in total. The summed E-state index contributed by atoms with van der Waals surface area (Å²) in [5, 5.41) is 0. The van der Waals surface area contributed by atoms with Crippen molar-refractivity contribution in [1.29, 1.82) is 0 Å². The Morgan fingerprint density at radius 3 is 2.00 bits per heavy atom. The van der Waals surface area contributed by atoms with Gasteiger partial charge in [-0.1, -0.05) is 0 Å². The molecule has 5 heteroatoms. The second-order valence-electron chi connectivity index (χ2n) is 5.30. The van der Waals surface area contributed by atoms with Gasteiger partial charge in [-0.2, -0.15) is 0 Å². The van der Waals surface area contributed by atoms with Gasteiger partial charge in [-0.25, -0.2) is 4.79 Å². The van der Waals surface area contributed by atoms with Crippen LogP contribution in [0.2, 0.25) is 0 Å². The van der Waals surface area contributed by atoms with E-state index in [2.05, 4.69) is 0 Å². The van der Waals surface area contributed by atoms with Crippen molar-refractivity contribution < 1.29 is 19.0 Å². The van der Waals surface area contributed by atoms with Gasteiger partial charge < -0.3 is 19.1 Å². The largest absolute Gasteiger partial charge is 0.444 e. The Morgan fingerprint density at radius 1 is 1.25 bits per heavy atom. The fourth-order valence-corrected chi connectivity index (χ4v) is 1.39. The molecule has 2 fully saturated rings. The molecule has 0 spiro atoms. The highest BCUT2D eigenvalue weighted by Crippen LogP contribution is 2.18. The highest BCUT2D eigenvalue weighted by molar-refractivity contribution is 5.68. The number of hydrogen-bond acceptors (Lipinski definition) is 4. The second-order valence-corrected chi connectivity index (χ2v) is 5.30. The molecule has 0 bridgehead atoms. The zero-order valence-electron chi connectivity index (χ0n) is 10.1. The molecule has 0 radical (unpaired) electrons. The third kappa shape index (κ3) is 3.98. The van der Waals surface area contributed by atoms with Gasteiger partial charge in [0, 0.05) is 0 Å². The van der Waals surface area contributed by atoms with Crippen LogP contribution in [0, 0.1) is 0 Å². The van der Waals surface area contributed by atoms with E-state index in [-0.39, 0.29) is 18.3 Å². The lowest BCUT2D eigenvalue weighted by Crippen LogP contribution is -2.41. The maximum atomic E-state index is 11.9. The molecular formula is C11H19NO4. The number of carbonyl (C=O) groups is 1. The SMILES string of the molecule is CC(C)(C)OC(=O)N(CC1CO1)CC1CO1. The van der Waals surface area contributed by atoms with E-state index in [0.29, 0.717) is 13.1 Å². The lowest BCUT2D eigenvalue weighted by atomic mass is 10.2. The van der Waals surface area contributed by atoms with Crippen LogP contribution in [0.5, 0.6) is 0 Å². The summed E-state index contributed by atoms with van der Waals surface area (Å²) in [5.41, 5.74) is -0.454. The van der Waals surface area contributed by atoms with Crippen LogP contribution in [0.3, 0.4) is 0 Å². The van der Waals surface area contributed by atoms with Gasteiger partial charge in [0.1, 0.15) is 5.60 Å². The van der Waals surface area contributed by atoms with Crippen molar-refractivity contribution >= 4 is 6.09 Å². The minimum atomic E-state index is -0.454. The number of hydrogen-bond donors (Lipinski definition) is 0. The van der Waals surface area contributed by atoms with Crippen LogP contribution in [0.4, 0.5) is 4.79 Å². The summed E-state index contributed by atoms with van der Waals surface area (Å²) in [6, 6.07) is 0. The molecule has 2 saturated heterocycles. The first kappa shape index (κ1) is 11.7. The van der Waals surface area contributed by atoms with Gasteiger partial charge in [0.05, 0.1) is 38.5 Å². The zero-order valence-corrected chi connectivity index (χ0v) is 10.1. The molecule has 1 amide bonds. The lowest BCUT2D eigenvalue weighted by molar-refractivity contribution is 0.0224. The van der Waals surface area contributed by atoms with Crippen molar-refractivity contribution in [2.24, 2.45) is 0 Å². The predicted molar refractivity (Wildman–Crippen MR) is 57.3 cm³/mol. The molecule has 0 saturated carbocycles. The normalized spacial score (nSPS) is 27.4. The van der Waals surface area contributed by atoms with E-state index in [1.54, 1.807) is 4.90 Å². The molecule has 2 rings (SSSR count). The molecule has 2 atom stereocenters. The molecule has 0 aromatic carbocycles. The van der Waals surface area contributed by atoms with Crippen LogP contribution in [-0.2, 0) is 14.2 Å². The van der Waals surface area contributed by atoms with Crippen molar-refractivity contribution in [1.82, 2.24) is 4.90 Å². The molecule has 0 aromatic rings. The van der Waals surface area contributed by atoms with Crippen LogP contribution in [0.1, 0.15) is 20.8 Å². The molecular weight excluding hydrogens is 210 g/mol. The highest BCUT2D eigenvalue weighted by atomic mass is 16.6. The standard InChI is InChI=1S/C11H19NO4/c1-11(2,3)16-10(13)12(4-8-6-14-8)5-9-7-15-9/h8-9H,4-7H2,1-3H3. The molecule has 0 aromatic heterocycles. The summed E-state index contributed by atoms with van der Waals surface area (Å²) in [7, 11) is 0. The lowest BCUT2D eigenvalue weighted by Gasteiger charge is -2.26. The third-order valence-corrected chi connectivity index (χ3v) is 2.30. The minimum absolute atomic E-state index is 0.186. The average molecular weight is 229 g/mol. The van der Waals surface area contributed by atoms with Gasteiger partial charge >= 0.3 is 6.09 Å². The molecule has 0 N–H and O–H groups in total. The van der Waals surface area contributed by atoms with E-state index in [1.165, 1.54) is 0 Å². The first-order valence-electron chi connectivity index (χ1n) is 5.65. The highest BCUT2D eigenvalue weighted by Gasteiger charge is 2.34. The van der Waals surface area contributed by atoms with E-state index < -0.39 is 5.60 Å². The Kier molecular flexibility index (Phi) is 3.08. The van der Waals surface area contributed by atoms with Gasteiger partial charge in [-0.15, -0.1) is 0 Å². The molecule has 2 heterocycles. The Bertz CT molecular complexity index is 252. The van der Waals surface area contributed by atoms with Crippen molar-refractivity contribution in [3.63, 3.8) is 0 Å². The molecule has 2 aliphatic heterocycles. The van der Waals surface area contributed by atoms with Crippen molar-refractivity contribution in [2.75, 3.05) is 26.3 Å². The Hall–Kier alpha value is -0.810. The topological polar surface area (TPSA) is 54.6 Å². The first-order chi connectivity index (χ1) is 7.44. The van der Waals surface area contributed by atoms with Crippen molar-refractivity contribution in [2.45, 2.75) is 38.6 Å². The second kappa shape index (κ2) is 4.22. The number of amides is 1. The molecule has 16 heavy (non-hydrogen) atoms. The average Bonchev–Trinajstić information content (AvgIpc) is 2.92. The fourth-order valence-electron chi connectivity index (χ4n) is 1.39. The molecule has 2 aliphatic rings. The van der Waals surface area contributed by atoms with E-state index in [1.807, 2.05) is 20.8 Å². The van der Waals surface area contributed by atoms with Gasteiger partial charge in [0.25, 0.3) is 0 Å². The van der Waals surface area contributed by atoms with Crippen molar-refractivity contribution in [3.8, 4) is 0 Å². The molecule has 0 aliphatic carbocycles. The summed E-state index contributed by atoms with van der Waals surface area (Å²) in [4.78, 5) is 13.6. The summed E-state index contributed by atoms with van der Waals surface area (Å²) in [6.45, 7) is 8.29. The van der Waals surface area contributed by atoms with E-state index in [9.17, 15) is 4.79 Å². The first-order valence-corrected chi connectivity index (χ1v) is 5.65. The zero-order chi connectivity index (χ0) is 11.8. The third-order valence-electron chi connectivity index (χ3n) is 2.30. The number of carbonyl (C=O) groups excluding carboxylic acids is 1. The Labute approximate surface area is 95.6 Å². The Morgan fingerprint density at radius 2 is 1.69 bits per heavy atom. The van der Waals surface area contributed by atoms with Crippen LogP contribution >= 0.6 is 0 Å². The van der Waals surface area contributed by atoms with Crippen LogP contribution in [0.15, 0.2) is 0 Å². The summed E-state index contributed by atoms with van der Waals surface area (Å²) >= 11 is 0. The quantitative estimate of drug-likeness (QED) is 0.675. The van der Waals surface area contributed by atoms with Gasteiger partial charge in [0.15, 0.2) is 0 Å². The number of epoxide rings is 2. The maximum Gasteiger partial charge on any atom is 0.410 e. The van der Waals surface area contributed by atoms with E-state index in [4.69, 9.17) is 14.2 Å².